The van der Waals surface area contributed by atoms with Crippen molar-refractivity contribution >= 4 is 0 Å². The van der Waals surface area contributed by atoms with Gasteiger partial charge in [0.15, 0.2) is 0 Å². The summed E-state index contributed by atoms with van der Waals surface area (Å²) in [5.74, 6) is 0.708. The van der Waals surface area contributed by atoms with Crippen molar-refractivity contribution < 1.29 is 14.9 Å². The quantitative estimate of drug-likeness (QED) is 0.438. The minimum absolute atomic E-state index is 0.0762. The van der Waals surface area contributed by atoms with Crippen molar-refractivity contribution in [3.63, 3.8) is 0 Å². The van der Waals surface area contributed by atoms with Gasteiger partial charge in [0.05, 0.1) is 18.9 Å². The average molecular weight is 386 g/mol. The first kappa shape index (κ1) is 23.7. The number of hydrogen-bond donors (Lipinski definition) is 2. The Balaban J connectivity index is 2.70. The van der Waals surface area contributed by atoms with E-state index in [2.05, 4.69) is 43.1 Å². The lowest BCUT2D eigenvalue weighted by molar-refractivity contribution is 0.173. The molecule has 0 aromatic carbocycles. The molecule has 0 bridgehead atoms. The zero-order valence-electron chi connectivity index (χ0n) is 18.3. The van der Waals surface area contributed by atoms with Gasteiger partial charge in [0.25, 0.3) is 0 Å². The number of rotatable bonds is 9. The zero-order valence-corrected chi connectivity index (χ0v) is 18.3. The number of aliphatic hydroxyl groups is 1. The number of ether oxygens (including phenoxy) is 1. The minimum atomic E-state index is -0.440. The fourth-order valence-corrected chi connectivity index (χ4v) is 2.86. The van der Waals surface area contributed by atoms with Gasteiger partial charge in [-0.25, -0.2) is 4.98 Å². The Labute approximate surface area is 170 Å². The predicted octanol–water partition coefficient (Wildman–Crippen LogP) is 5.45. The van der Waals surface area contributed by atoms with Gasteiger partial charge >= 0.3 is 0 Å². The van der Waals surface area contributed by atoms with E-state index in [9.17, 15) is 10.2 Å². The molecule has 2 N–H and O–H groups in total. The van der Waals surface area contributed by atoms with Crippen LogP contribution >= 0.6 is 0 Å². The smallest absolute Gasteiger partial charge is 0.216 e. The monoisotopic (exact) mass is 385 g/mol. The van der Waals surface area contributed by atoms with E-state index >= 15 is 0 Å². The Morgan fingerprint density at radius 1 is 1.29 bits per heavy atom. The Bertz CT molecular complexity index is 772. The number of nitrogens with zero attached hydrogens (tertiary/aromatic N) is 1. The second-order valence-electron chi connectivity index (χ2n) is 7.36. The molecule has 0 radical (unpaired) electrons. The Kier molecular flexibility index (Phi) is 9.74. The summed E-state index contributed by atoms with van der Waals surface area (Å²) in [6.07, 6.45) is 11.4. The standard InChI is InChI=1S/C24H35NO3/c1-8-18(4)24(27)19(5)14-17(3)11-9-10-16(2)12-13-21-20(6)22(26)15-23(25-21)28-7/h8-9,11-12,14-15,19,24,27H,10,13H2,1-7H3,(H,25,26)/b11-9+,16-12+,17-14+,18-8+/t19-,24+/m1/s1. The van der Waals surface area contributed by atoms with Crippen LogP contribution in [0.1, 0.15) is 52.3 Å². The minimum Gasteiger partial charge on any atom is -0.507 e. The molecule has 0 saturated heterocycles. The number of aromatic hydroxyl groups is 1. The molecule has 1 heterocycles. The van der Waals surface area contributed by atoms with Crippen molar-refractivity contribution in [3.05, 3.63) is 64.4 Å². The maximum Gasteiger partial charge on any atom is 0.216 e. The number of methoxy groups -OCH3 is 1. The summed E-state index contributed by atoms with van der Waals surface area (Å²) in [5, 5.41) is 20.2. The van der Waals surface area contributed by atoms with Crippen LogP contribution in [0.15, 0.2) is 53.2 Å². The number of allylic oxidation sites excluding steroid dienone is 6. The van der Waals surface area contributed by atoms with E-state index < -0.39 is 6.10 Å². The van der Waals surface area contributed by atoms with Crippen LogP contribution in [0.4, 0.5) is 0 Å². The molecule has 154 valence electrons. The lowest BCUT2D eigenvalue weighted by Crippen LogP contribution is -2.17. The molecule has 28 heavy (non-hydrogen) atoms. The van der Waals surface area contributed by atoms with Crippen LogP contribution in [0.25, 0.3) is 0 Å². The van der Waals surface area contributed by atoms with Gasteiger partial charge in [-0.3, -0.25) is 0 Å². The van der Waals surface area contributed by atoms with E-state index in [1.165, 1.54) is 11.6 Å². The van der Waals surface area contributed by atoms with Crippen LogP contribution in [0.5, 0.6) is 11.6 Å². The lowest BCUT2D eigenvalue weighted by atomic mass is 9.96. The van der Waals surface area contributed by atoms with Gasteiger partial charge in [-0.15, -0.1) is 0 Å². The third kappa shape index (κ3) is 7.35. The first-order valence-electron chi connectivity index (χ1n) is 9.74. The lowest BCUT2D eigenvalue weighted by Gasteiger charge is -2.16. The van der Waals surface area contributed by atoms with Crippen molar-refractivity contribution in [2.45, 2.75) is 60.5 Å². The second-order valence-corrected chi connectivity index (χ2v) is 7.36. The molecule has 0 unspecified atom stereocenters. The van der Waals surface area contributed by atoms with Gasteiger partial charge in [0.1, 0.15) is 5.75 Å². The van der Waals surface area contributed by atoms with Gasteiger partial charge in [-0.2, -0.15) is 0 Å². The molecule has 0 amide bonds. The number of hydrogen-bond acceptors (Lipinski definition) is 4. The summed E-state index contributed by atoms with van der Waals surface area (Å²) in [4.78, 5) is 4.42. The molecule has 0 aliphatic heterocycles. The Hall–Kier alpha value is -2.33. The molecule has 0 saturated carbocycles. The number of pyridine rings is 1. The summed E-state index contributed by atoms with van der Waals surface area (Å²) < 4.78 is 5.13. The van der Waals surface area contributed by atoms with Crippen LogP contribution in [0, 0.1) is 12.8 Å². The second kappa shape index (κ2) is 11.5. The highest BCUT2D eigenvalue weighted by atomic mass is 16.5. The number of aromatic nitrogens is 1. The van der Waals surface area contributed by atoms with E-state index in [1.54, 1.807) is 7.11 Å². The van der Waals surface area contributed by atoms with Gasteiger partial charge in [-0.1, -0.05) is 48.5 Å². The fourth-order valence-electron chi connectivity index (χ4n) is 2.86. The largest absolute Gasteiger partial charge is 0.507 e. The highest BCUT2D eigenvalue weighted by Crippen LogP contribution is 2.24. The molecular formula is C24H35NO3. The Morgan fingerprint density at radius 2 is 1.96 bits per heavy atom. The predicted molar refractivity (Wildman–Crippen MR) is 117 cm³/mol. The molecule has 1 aromatic heterocycles. The first-order valence-corrected chi connectivity index (χ1v) is 9.74. The van der Waals surface area contributed by atoms with Crippen LogP contribution < -0.4 is 4.74 Å². The third-order valence-corrected chi connectivity index (χ3v) is 4.94. The summed E-state index contributed by atoms with van der Waals surface area (Å²) in [6, 6.07) is 1.53. The van der Waals surface area contributed by atoms with Gasteiger partial charge < -0.3 is 14.9 Å². The molecule has 4 heteroatoms. The van der Waals surface area contributed by atoms with Gasteiger partial charge in [-0.05, 0) is 46.6 Å². The zero-order chi connectivity index (χ0) is 21.3. The van der Waals surface area contributed by atoms with Gasteiger partial charge in [0.2, 0.25) is 5.88 Å². The van der Waals surface area contributed by atoms with E-state index in [-0.39, 0.29) is 11.7 Å². The average Bonchev–Trinajstić information content (AvgIpc) is 2.67. The highest BCUT2D eigenvalue weighted by Gasteiger charge is 2.12. The SMILES string of the molecule is C/C=C(\C)[C@H](O)[C@H](C)/C=C(C)/C=C/C/C(C)=C/Cc1nc(OC)cc(O)c1C. The van der Waals surface area contributed by atoms with E-state index in [1.807, 2.05) is 33.8 Å². The molecular weight excluding hydrogens is 350 g/mol. The van der Waals surface area contributed by atoms with Crippen LogP contribution in [0.2, 0.25) is 0 Å². The normalized spacial score (nSPS) is 15.8. The van der Waals surface area contributed by atoms with Crippen molar-refractivity contribution in [1.29, 1.82) is 0 Å². The molecule has 1 rings (SSSR count). The molecule has 0 aliphatic rings. The van der Waals surface area contributed by atoms with E-state index in [0.29, 0.717) is 12.3 Å². The molecule has 4 nitrogen and oxygen atoms in total. The highest BCUT2D eigenvalue weighted by molar-refractivity contribution is 5.39. The van der Waals surface area contributed by atoms with Crippen LogP contribution in [-0.2, 0) is 6.42 Å². The summed E-state index contributed by atoms with van der Waals surface area (Å²) in [7, 11) is 1.54. The summed E-state index contributed by atoms with van der Waals surface area (Å²) >= 11 is 0. The van der Waals surface area contributed by atoms with Crippen molar-refractivity contribution in [1.82, 2.24) is 4.98 Å². The topological polar surface area (TPSA) is 62.6 Å². The first-order chi connectivity index (χ1) is 13.2. The Morgan fingerprint density at radius 3 is 2.57 bits per heavy atom. The molecule has 0 aliphatic carbocycles. The van der Waals surface area contributed by atoms with Crippen LogP contribution in [-0.4, -0.2) is 28.4 Å². The molecule has 0 fully saturated rings. The number of aliphatic hydroxyl groups excluding tert-OH is 1. The maximum absolute atomic E-state index is 10.2. The summed E-state index contributed by atoms with van der Waals surface area (Å²) in [6.45, 7) is 11.9. The van der Waals surface area contributed by atoms with E-state index in [4.69, 9.17) is 4.74 Å². The van der Waals surface area contributed by atoms with E-state index in [0.717, 1.165) is 28.8 Å². The maximum atomic E-state index is 10.2. The van der Waals surface area contributed by atoms with Crippen molar-refractivity contribution in [3.8, 4) is 11.6 Å². The van der Waals surface area contributed by atoms with Crippen molar-refractivity contribution in [2.24, 2.45) is 5.92 Å². The fraction of sp³-hybridized carbons (Fsp3) is 0.458. The molecule has 0 spiro atoms. The van der Waals surface area contributed by atoms with Gasteiger partial charge in [0, 0.05) is 24.0 Å². The molecule has 1 aromatic rings. The van der Waals surface area contributed by atoms with Crippen LogP contribution in [0.3, 0.4) is 0 Å². The summed E-state index contributed by atoms with van der Waals surface area (Å²) in [5.41, 5.74) is 4.96. The van der Waals surface area contributed by atoms with Crippen molar-refractivity contribution in [2.75, 3.05) is 7.11 Å². The third-order valence-electron chi connectivity index (χ3n) is 4.94. The molecule has 2 atom stereocenters.